The molecule has 2 aromatic heterocycles. The molecule has 7 nitrogen and oxygen atoms in total. The zero-order chi connectivity index (χ0) is 22.3. The molecule has 0 radical (unpaired) electrons. The van der Waals surface area contributed by atoms with Gasteiger partial charge in [0.25, 0.3) is 5.56 Å². The van der Waals surface area contributed by atoms with Crippen molar-refractivity contribution >= 4 is 28.7 Å². The summed E-state index contributed by atoms with van der Waals surface area (Å²) in [6.45, 7) is 3.38. The molecule has 0 aliphatic heterocycles. The SMILES string of the molecule is Cc1ccccc1Cn1cnc2c(cnn2CCNC(=O)CCSc2ccccc2)c1=O. The Labute approximate surface area is 190 Å². The number of hydrogen-bond donors (Lipinski definition) is 1. The van der Waals surface area contributed by atoms with Gasteiger partial charge in [0.15, 0.2) is 5.65 Å². The molecule has 2 heterocycles. The molecule has 4 rings (SSSR count). The van der Waals surface area contributed by atoms with Gasteiger partial charge in [-0.25, -0.2) is 9.67 Å². The molecule has 164 valence electrons. The van der Waals surface area contributed by atoms with Crippen molar-refractivity contribution in [1.82, 2.24) is 24.6 Å². The highest BCUT2D eigenvalue weighted by Gasteiger charge is 2.11. The fourth-order valence-electron chi connectivity index (χ4n) is 3.41. The van der Waals surface area contributed by atoms with E-state index in [4.69, 9.17) is 0 Å². The lowest BCUT2D eigenvalue weighted by atomic mass is 10.1. The maximum atomic E-state index is 12.9. The van der Waals surface area contributed by atoms with E-state index in [9.17, 15) is 9.59 Å². The summed E-state index contributed by atoms with van der Waals surface area (Å²) < 4.78 is 3.26. The minimum Gasteiger partial charge on any atom is -0.354 e. The predicted octanol–water partition coefficient (Wildman–Crippen LogP) is 3.25. The summed E-state index contributed by atoms with van der Waals surface area (Å²) >= 11 is 1.66. The molecule has 2 aromatic carbocycles. The molecule has 1 N–H and O–H groups in total. The van der Waals surface area contributed by atoms with Crippen LogP contribution in [0.25, 0.3) is 11.0 Å². The van der Waals surface area contributed by atoms with Crippen molar-refractivity contribution in [1.29, 1.82) is 0 Å². The van der Waals surface area contributed by atoms with Crippen LogP contribution in [0.15, 0.2) is 76.8 Å². The smallest absolute Gasteiger partial charge is 0.264 e. The number of amides is 1. The van der Waals surface area contributed by atoms with Gasteiger partial charge < -0.3 is 5.32 Å². The largest absolute Gasteiger partial charge is 0.354 e. The van der Waals surface area contributed by atoms with E-state index in [0.717, 1.165) is 21.8 Å². The zero-order valence-electron chi connectivity index (χ0n) is 17.9. The van der Waals surface area contributed by atoms with Gasteiger partial charge in [0, 0.05) is 23.6 Å². The van der Waals surface area contributed by atoms with Gasteiger partial charge in [-0.1, -0.05) is 42.5 Å². The van der Waals surface area contributed by atoms with Gasteiger partial charge in [-0.15, -0.1) is 11.8 Å². The van der Waals surface area contributed by atoms with Crippen LogP contribution in [0, 0.1) is 6.92 Å². The maximum Gasteiger partial charge on any atom is 0.264 e. The fourth-order valence-corrected chi connectivity index (χ4v) is 4.29. The molecule has 0 aliphatic carbocycles. The molecule has 8 heteroatoms. The number of fused-ring (bicyclic) bond motifs is 1. The third kappa shape index (κ3) is 5.26. The minimum absolute atomic E-state index is 0.00145. The van der Waals surface area contributed by atoms with Gasteiger partial charge in [0.1, 0.15) is 11.7 Å². The summed E-state index contributed by atoms with van der Waals surface area (Å²) in [5, 5.41) is 7.70. The van der Waals surface area contributed by atoms with E-state index in [1.807, 2.05) is 61.5 Å². The second-order valence-electron chi connectivity index (χ2n) is 7.47. The summed E-state index contributed by atoms with van der Waals surface area (Å²) in [5.74, 6) is 0.723. The Balaban J connectivity index is 1.32. The van der Waals surface area contributed by atoms with Crippen molar-refractivity contribution in [3.63, 3.8) is 0 Å². The van der Waals surface area contributed by atoms with Crippen molar-refractivity contribution < 1.29 is 4.79 Å². The van der Waals surface area contributed by atoms with E-state index in [-0.39, 0.29) is 11.5 Å². The summed E-state index contributed by atoms with van der Waals surface area (Å²) in [6.07, 6.45) is 3.56. The lowest BCUT2D eigenvalue weighted by Crippen LogP contribution is -2.28. The molecule has 0 saturated heterocycles. The normalized spacial score (nSPS) is 11.0. The Kier molecular flexibility index (Phi) is 7.01. The van der Waals surface area contributed by atoms with Crippen LogP contribution >= 0.6 is 11.8 Å². The highest BCUT2D eigenvalue weighted by atomic mass is 32.2. The summed E-state index contributed by atoms with van der Waals surface area (Å²) in [6, 6.07) is 18.0. The number of thioether (sulfide) groups is 1. The van der Waals surface area contributed by atoms with Crippen molar-refractivity contribution in [2.24, 2.45) is 0 Å². The molecule has 32 heavy (non-hydrogen) atoms. The molecule has 1 amide bonds. The maximum absolute atomic E-state index is 12.9. The molecule has 0 spiro atoms. The van der Waals surface area contributed by atoms with Gasteiger partial charge in [-0.3, -0.25) is 14.2 Å². The average molecular weight is 448 g/mol. The van der Waals surface area contributed by atoms with E-state index in [1.165, 1.54) is 0 Å². The Morgan fingerprint density at radius 2 is 1.88 bits per heavy atom. The molecule has 0 aliphatic rings. The first-order chi connectivity index (χ1) is 15.6. The van der Waals surface area contributed by atoms with Gasteiger partial charge >= 0.3 is 0 Å². The second-order valence-corrected chi connectivity index (χ2v) is 8.64. The lowest BCUT2D eigenvalue weighted by Gasteiger charge is -2.09. The number of nitrogens with one attached hydrogen (secondary N) is 1. The Bertz CT molecular complexity index is 1270. The number of benzene rings is 2. The van der Waals surface area contributed by atoms with Crippen LogP contribution in [0.2, 0.25) is 0 Å². The highest BCUT2D eigenvalue weighted by molar-refractivity contribution is 7.99. The Morgan fingerprint density at radius 3 is 2.69 bits per heavy atom. The van der Waals surface area contributed by atoms with Crippen molar-refractivity contribution in [2.75, 3.05) is 12.3 Å². The number of carbonyl (C=O) groups excluding carboxylic acids is 1. The minimum atomic E-state index is -0.119. The first-order valence-electron chi connectivity index (χ1n) is 10.5. The Hall–Kier alpha value is -3.39. The molecule has 0 saturated carbocycles. The second kappa shape index (κ2) is 10.3. The number of nitrogens with zero attached hydrogens (tertiary/aromatic N) is 4. The molecular weight excluding hydrogens is 422 g/mol. The van der Waals surface area contributed by atoms with Gasteiger partial charge in [-0.2, -0.15) is 5.10 Å². The number of carbonyl (C=O) groups is 1. The quantitative estimate of drug-likeness (QED) is 0.398. The topological polar surface area (TPSA) is 81.8 Å². The molecular formula is C24H25N5O2S. The van der Waals surface area contributed by atoms with Gasteiger partial charge in [-0.05, 0) is 30.2 Å². The molecule has 4 aromatic rings. The first kappa shape index (κ1) is 21.8. The first-order valence-corrected chi connectivity index (χ1v) is 11.5. The van der Waals surface area contributed by atoms with E-state index in [2.05, 4.69) is 15.4 Å². The van der Waals surface area contributed by atoms with Crippen molar-refractivity contribution in [3.05, 3.63) is 88.6 Å². The highest BCUT2D eigenvalue weighted by Crippen LogP contribution is 2.17. The van der Waals surface area contributed by atoms with Crippen molar-refractivity contribution in [2.45, 2.75) is 31.3 Å². The van der Waals surface area contributed by atoms with E-state index >= 15 is 0 Å². The predicted molar refractivity (Wildman–Crippen MR) is 127 cm³/mol. The standard InChI is InChI=1S/C24H25N5O2S/c1-18-7-5-6-8-19(18)16-28-17-26-23-21(24(28)31)15-27-29(23)13-12-25-22(30)11-14-32-20-9-3-2-4-10-20/h2-10,15,17H,11-14,16H2,1H3,(H,25,30). The average Bonchev–Trinajstić information content (AvgIpc) is 3.21. The summed E-state index contributed by atoms with van der Waals surface area (Å²) in [4.78, 5) is 30.6. The monoisotopic (exact) mass is 447 g/mol. The number of rotatable bonds is 9. The third-order valence-electron chi connectivity index (χ3n) is 5.21. The number of hydrogen-bond acceptors (Lipinski definition) is 5. The van der Waals surface area contributed by atoms with E-state index < -0.39 is 0 Å². The van der Waals surface area contributed by atoms with Crippen LogP contribution in [-0.4, -0.2) is 37.5 Å². The van der Waals surface area contributed by atoms with Crippen LogP contribution < -0.4 is 10.9 Å². The molecule has 0 fully saturated rings. The third-order valence-corrected chi connectivity index (χ3v) is 6.22. The van der Waals surface area contributed by atoms with E-state index in [1.54, 1.807) is 33.5 Å². The number of aryl methyl sites for hydroxylation is 1. The molecule has 0 bridgehead atoms. The van der Waals surface area contributed by atoms with Crippen LogP contribution in [0.1, 0.15) is 17.5 Å². The summed E-state index contributed by atoms with van der Waals surface area (Å²) in [7, 11) is 0. The van der Waals surface area contributed by atoms with Crippen molar-refractivity contribution in [3.8, 4) is 0 Å². The van der Waals surface area contributed by atoms with Gasteiger partial charge in [0.2, 0.25) is 5.91 Å². The van der Waals surface area contributed by atoms with Crippen LogP contribution in [0.3, 0.4) is 0 Å². The van der Waals surface area contributed by atoms with Gasteiger partial charge in [0.05, 0.1) is 19.3 Å². The van der Waals surface area contributed by atoms with E-state index in [0.29, 0.717) is 37.1 Å². The van der Waals surface area contributed by atoms with Crippen LogP contribution in [-0.2, 0) is 17.9 Å². The molecule has 0 atom stereocenters. The fraction of sp³-hybridized carbons (Fsp3) is 0.250. The number of aromatic nitrogens is 4. The van der Waals surface area contributed by atoms with Crippen LogP contribution in [0.5, 0.6) is 0 Å². The van der Waals surface area contributed by atoms with Crippen LogP contribution in [0.4, 0.5) is 0 Å². The zero-order valence-corrected chi connectivity index (χ0v) is 18.7. The molecule has 0 unspecified atom stereocenters. The summed E-state index contributed by atoms with van der Waals surface area (Å²) in [5.41, 5.74) is 2.63. The Morgan fingerprint density at radius 1 is 1.09 bits per heavy atom. The lowest BCUT2D eigenvalue weighted by molar-refractivity contribution is -0.120.